The summed E-state index contributed by atoms with van der Waals surface area (Å²) in [6.07, 6.45) is 12.7. The molecule has 7 aliphatic rings. The molecule has 0 N–H and O–H groups in total. The van der Waals surface area contributed by atoms with Crippen molar-refractivity contribution in [2.24, 2.45) is 56.7 Å². The number of fused-ring (bicyclic) bond motifs is 7. The first-order valence-electron chi connectivity index (χ1n) is 14.9. The zero-order chi connectivity index (χ0) is 25.9. The van der Waals surface area contributed by atoms with E-state index in [1.165, 1.54) is 19.3 Å². The van der Waals surface area contributed by atoms with Crippen molar-refractivity contribution in [3.63, 3.8) is 0 Å². The molecule has 0 aromatic heterocycles. The molecule has 0 radical (unpaired) electrons. The molecule has 6 fully saturated rings. The lowest BCUT2D eigenvalue weighted by Crippen LogP contribution is -2.73. The molecule has 4 nitrogen and oxygen atoms in total. The molecular weight excluding hydrogens is 448 g/mol. The van der Waals surface area contributed by atoms with Crippen molar-refractivity contribution in [2.75, 3.05) is 20.8 Å². The lowest BCUT2D eigenvalue weighted by molar-refractivity contribution is -0.402. The zero-order valence-electron chi connectivity index (χ0n) is 24.2. The Hall–Kier alpha value is -0.870. The molecule has 2 aliphatic heterocycles. The minimum absolute atomic E-state index is 0.0182. The maximum absolute atomic E-state index is 13.5. The van der Waals surface area contributed by atoms with E-state index in [1.807, 2.05) is 7.11 Å². The first kappa shape index (κ1) is 25.4. The highest BCUT2D eigenvalue weighted by Crippen LogP contribution is 2.78. The molecule has 7 rings (SSSR count). The Bertz CT molecular complexity index is 973. The summed E-state index contributed by atoms with van der Waals surface area (Å²) < 4.78 is 18.4. The van der Waals surface area contributed by atoms with E-state index in [2.05, 4.69) is 47.6 Å². The van der Waals surface area contributed by atoms with Gasteiger partial charge in [0.25, 0.3) is 0 Å². The second kappa shape index (κ2) is 7.62. The maximum Gasteiger partial charge on any atom is 0.312 e. The Morgan fingerprint density at radius 2 is 1.69 bits per heavy atom. The van der Waals surface area contributed by atoms with Gasteiger partial charge >= 0.3 is 5.97 Å². The molecule has 4 heteroatoms. The molecule has 4 saturated carbocycles. The Morgan fingerprint density at radius 3 is 2.33 bits per heavy atom. The average molecular weight is 499 g/mol. The smallest absolute Gasteiger partial charge is 0.312 e. The fourth-order valence-corrected chi connectivity index (χ4v) is 11.9. The Kier molecular flexibility index (Phi) is 5.38. The van der Waals surface area contributed by atoms with E-state index in [4.69, 9.17) is 14.2 Å². The molecule has 2 bridgehead atoms. The Balaban J connectivity index is 1.46. The summed E-state index contributed by atoms with van der Waals surface area (Å²) in [6.45, 7) is 15.7. The van der Waals surface area contributed by atoms with Crippen LogP contribution >= 0.6 is 0 Å². The Morgan fingerprint density at radius 1 is 0.944 bits per heavy atom. The summed E-state index contributed by atoms with van der Waals surface area (Å²) in [6, 6.07) is 0. The minimum atomic E-state index is -0.425. The fourth-order valence-electron chi connectivity index (χ4n) is 11.9. The predicted molar refractivity (Wildman–Crippen MR) is 141 cm³/mol. The lowest BCUT2D eigenvalue weighted by atomic mass is 9.32. The molecular formula is C32H50O4. The number of carbonyl (C=O) groups excluding carboxylic acids is 1. The van der Waals surface area contributed by atoms with Gasteiger partial charge in [-0.25, -0.2) is 0 Å². The highest BCUT2D eigenvalue weighted by atomic mass is 16.7. The van der Waals surface area contributed by atoms with Crippen LogP contribution in [0.2, 0.25) is 0 Å². The molecule has 10 atom stereocenters. The molecule has 0 amide bonds. The fraction of sp³-hybridized carbons (Fsp3) is 0.906. The number of hydrogen-bond donors (Lipinski definition) is 0. The second-order valence-electron chi connectivity index (χ2n) is 15.0. The van der Waals surface area contributed by atoms with Crippen LogP contribution in [0.5, 0.6) is 0 Å². The van der Waals surface area contributed by atoms with Gasteiger partial charge in [-0.05, 0) is 91.8 Å². The third kappa shape index (κ3) is 2.63. The molecule has 1 spiro atoms. The van der Waals surface area contributed by atoms with Gasteiger partial charge in [-0.2, -0.15) is 0 Å². The molecule has 0 aromatic rings. The quantitative estimate of drug-likeness (QED) is 0.299. The normalized spacial score (nSPS) is 54.9. The molecule has 5 aliphatic carbocycles. The monoisotopic (exact) mass is 498 g/mol. The summed E-state index contributed by atoms with van der Waals surface area (Å²) in [5.74, 6) is 2.34. The van der Waals surface area contributed by atoms with Crippen molar-refractivity contribution >= 4 is 5.97 Å². The third-order valence-corrected chi connectivity index (χ3v) is 14.3. The molecule has 2 heterocycles. The number of esters is 1. The van der Waals surface area contributed by atoms with E-state index >= 15 is 0 Å². The van der Waals surface area contributed by atoms with Crippen molar-refractivity contribution in [2.45, 2.75) is 105 Å². The van der Waals surface area contributed by atoms with Gasteiger partial charge in [0.15, 0.2) is 5.79 Å². The van der Waals surface area contributed by atoms with Crippen molar-refractivity contribution in [1.82, 2.24) is 0 Å². The zero-order valence-corrected chi connectivity index (χ0v) is 24.2. The van der Waals surface area contributed by atoms with Gasteiger partial charge in [-0.3, -0.25) is 4.79 Å². The van der Waals surface area contributed by atoms with Crippen LogP contribution in [0.15, 0.2) is 11.6 Å². The molecule has 202 valence electrons. The molecule has 2 saturated heterocycles. The molecule has 0 aromatic carbocycles. The average Bonchev–Trinajstić information content (AvgIpc) is 2.86. The van der Waals surface area contributed by atoms with Crippen LogP contribution in [0.3, 0.4) is 0 Å². The highest BCUT2D eigenvalue weighted by molar-refractivity contribution is 5.78. The lowest BCUT2D eigenvalue weighted by Gasteiger charge is -2.75. The van der Waals surface area contributed by atoms with Gasteiger partial charge in [-0.1, -0.05) is 53.2 Å². The molecule has 36 heavy (non-hydrogen) atoms. The van der Waals surface area contributed by atoms with Crippen LogP contribution in [-0.2, 0) is 19.0 Å². The van der Waals surface area contributed by atoms with E-state index in [1.54, 1.807) is 12.7 Å². The van der Waals surface area contributed by atoms with Gasteiger partial charge in [0.1, 0.15) is 0 Å². The number of ether oxygens (including phenoxy) is 3. The largest absolute Gasteiger partial charge is 0.469 e. The standard InChI is InChI=1S/C32H50O4/c1-20-11-14-30(26(33)34-7)16-15-28(5)22(25(30)21(20)2)9-10-24-29(28,6)13-12-23-27(3,4)32(35-8)18-17-31(23,24)19-36-32/h9,20-21,23-25H,10-19H2,1-8H3/t20-,21+,23+,24+,25+,28-,29-,30+,31-,32+/m1/s1. The van der Waals surface area contributed by atoms with Crippen molar-refractivity contribution in [3.05, 3.63) is 11.6 Å². The van der Waals surface area contributed by atoms with Crippen molar-refractivity contribution in [3.8, 4) is 0 Å². The second-order valence-corrected chi connectivity index (χ2v) is 15.0. The number of carbonyl (C=O) groups is 1. The first-order chi connectivity index (χ1) is 16.9. The third-order valence-electron chi connectivity index (χ3n) is 14.3. The van der Waals surface area contributed by atoms with Gasteiger partial charge in [0.2, 0.25) is 0 Å². The Labute approximate surface area is 219 Å². The summed E-state index contributed by atoms with van der Waals surface area (Å²) >= 11 is 0. The minimum Gasteiger partial charge on any atom is -0.469 e. The van der Waals surface area contributed by atoms with E-state index in [9.17, 15) is 4.79 Å². The molecule has 0 unspecified atom stereocenters. The van der Waals surface area contributed by atoms with Gasteiger partial charge in [0.05, 0.1) is 19.1 Å². The number of hydrogen-bond acceptors (Lipinski definition) is 4. The van der Waals surface area contributed by atoms with E-state index in [-0.39, 0.29) is 33.0 Å². The highest BCUT2D eigenvalue weighted by Gasteiger charge is 2.74. The van der Waals surface area contributed by atoms with Crippen LogP contribution in [0, 0.1) is 56.7 Å². The van der Waals surface area contributed by atoms with Crippen LogP contribution in [0.4, 0.5) is 0 Å². The SMILES string of the molecule is COC(=O)[C@]12CC[C@@H](C)[C@H](C)[C@H]1C1=CC[C@@H]3[C@]45CC[C@](OC)(OC4)C(C)(C)[C@@H]5CC[C@@]3(C)[C@]1(C)CC2. The van der Waals surface area contributed by atoms with E-state index in [0.29, 0.717) is 29.6 Å². The van der Waals surface area contributed by atoms with E-state index < -0.39 is 5.79 Å². The first-order valence-corrected chi connectivity index (χ1v) is 14.9. The number of allylic oxidation sites excluding steroid dienone is 2. The summed E-state index contributed by atoms with van der Waals surface area (Å²) in [5.41, 5.74) is 1.88. The topological polar surface area (TPSA) is 44.8 Å². The van der Waals surface area contributed by atoms with Crippen LogP contribution < -0.4 is 0 Å². The van der Waals surface area contributed by atoms with E-state index in [0.717, 1.165) is 45.1 Å². The predicted octanol–water partition coefficient (Wildman–Crippen LogP) is 7.17. The van der Waals surface area contributed by atoms with Gasteiger partial charge in [-0.15, -0.1) is 0 Å². The van der Waals surface area contributed by atoms with Gasteiger partial charge < -0.3 is 14.2 Å². The van der Waals surface area contributed by atoms with Crippen LogP contribution in [-0.4, -0.2) is 32.6 Å². The van der Waals surface area contributed by atoms with Crippen LogP contribution in [0.1, 0.15) is 99.3 Å². The van der Waals surface area contributed by atoms with Gasteiger partial charge in [0, 0.05) is 24.4 Å². The number of methoxy groups -OCH3 is 2. The van der Waals surface area contributed by atoms with Crippen molar-refractivity contribution in [1.29, 1.82) is 0 Å². The summed E-state index contributed by atoms with van der Waals surface area (Å²) in [4.78, 5) is 13.5. The van der Waals surface area contributed by atoms with Crippen LogP contribution in [0.25, 0.3) is 0 Å². The summed E-state index contributed by atoms with van der Waals surface area (Å²) in [5, 5.41) is 0. The summed E-state index contributed by atoms with van der Waals surface area (Å²) in [7, 11) is 3.46. The number of rotatable bonds is 2. The maximum atomic E-state index is 13.5. The van der Waals surface area contributed by atoms with Crippen molar-refractivity contribution < 1.29 is 19.0 Å².